The first-order chi connectivity index (χ1) is 3.41. The van der Waals surface area contributed by atoms with E-state index in [2.05, 4.69) is 10.2 Å². The zero-order chi connectivity index (χ0) is 5.54. The molecule has 0 saturated heterocycles. The van der Waals surface area contributed by atoms with Gasteiger partial charge in [0.2, 0.25) is 6.41 Å². The zero-order valence-corrected chi connectivity index (χ0v) is 3.76. The van der Waals surface area contributed by atoms with Crippen LogP contribution in [0.4, 0.5) is 0 Å². The van der Waals surface area contributed by atoms with E-state index in [0.29, 0.717) is 13.0 Å². The Hall–Kier alpha value is -0.610. The van der Waals surface area contributed by atoms with Gasteiger partial charge in [-0.2, -0.15) is 0 Å². The highest BCUT2D eigenvalue weighted by Gasteiger charge is 1.77. The fraction of sp³-hybridized carbons (Fsp3) is 0.667. The Labute approximate surface area is 41.0 Å². The molecule has 0 saturated carbocycles. The van der Waals surface area contributed by atoms with Gasteiger partial charge in [0.25, 0.3) is 0 Å². The van der Waals surface area contributed by atoms with Crippen molar-refractivity contribution in [1.82, 2.24) is 5.32 Å². The quantitative estimate of drug-likeness (QED) is 0.213. The van der Waals surface area contributed by atoms with E-state index < -0.39 is 0 Å². The van der Waals surface area contributed by atoms with Crippen LogP contribution in [0.2, 0.25) is 0 Å². The lowest BCUT2D eigenvalue weighted by Crippen LogP contribution is -2.16. The minimum Gasteiger partial charge on any atom is -0.356 e. The standard InChI is InChI=1S/C3H7NO3/c5-3-4-1-2-7-6/h3,6H,1-2H2,(H,4,5). The van der Waals surface area contributed by atoms with Gasteiger partial charge in [0.1, 0.15) is 0 Å². The molecule has 2 N–H and O–H groups in total. The van der Waals surface area contributed by atoms with Crippen molar-refractivity contribution in [3.63, 3.8) is 0 Å². The van der Waals surface area contributed by atoms with Crippen molar-refractivity contribution < 1.29 is 14.9 Å². The van der Waals surface area contributed by atoms with Crippen molar-refractivity contribution in [2.75, 3.05) is 13.2 Å². The Bertz CT molecular complexity index is 47.4. The smallest absolute Gasteiger partial charge is 0.207 e. The zero-order valence-electron chi connectivity index (χ0n) is 3.76. The van der Waals surface area contributed by atoms with Crippen LogP contribution in [0, 0.1) is 0 Å². The van der Waals surface area contributed by atoms with Crippen LogP contribution in [-0.4, -0.2) is 24.8 Å². The van der Waals surface area contributed by atoms with Crippen molar-refractivity contribution in [2.24, 2.45) is 0 Å². The van der Waals surface area contributed by atoms with E-state index in [4.69, 9.17) is 5.26 Å². The summed E-state index contributed by atoms with van der Waals surface area (Å²) in [6.45, 7) is 0.485. The van der Waals surface area contributed by atoms with Crippen molar-refractivity contribution >= 4 is 6.41 Å². The summed E-state index contributed by atoms with van der Waals surface area (Å²) in [5.74, 6) is 0. The Morgan fingerprint density at radius 3 is 3.00 bits per heavy atom. The van der Waals surface area contributed by atoms with Gasteiger partial charge < -0.3 is 5.32 Å². The third kappa shape index (κ3) is 5.39. The van der Waals surface area contributed by atoms with E-state index >= 15 is 0 Å². The van der Waals surface area contributed by atoms with Gasteiger partial charge in [0.05, 0.1) is 6.61 Å². The molecule has 42 valence electrons. The van der Waals surface area contributed by atoms with Crippen LogP contribution in [0.1, 0.15) is 0 Å². The summed E-state index contributed by atoms with van der Waals surface area (Å²) in [5, 5.41) is 9.92. The largest absolute Gasteiger partial charge is 0.356 e. The van der Waals surface area contributed by atoms with Gasteiger partial charge in [-0.05, 0) is 0 Å². The summed E-state index contributed by atoms with van der Waals surface area (Å²) in [5.41, 5.74) is 0. The second-order valence-electron chi connectivity index (χ2n) is 0.905. The molecule has 4 heteroatoms. The normalized spacial score (nSPS) is 8.14. The number of rotatable bonds is 4. The molecule has 0 fully saturated rings. The lowest BCUT2D eigenvalue weighted by molar-refractivity contribution is -0.240. The molecule has 4 nitrogen and oxygen atoms in total. The van der Waals surface area contributed by atoms with Crippen LogP contribution in [0.5, 0.6) is 0 Å². The summed E-state index contributed by atoms with van der Waals surface area (Å²) in [4.78, 5) is 13.1. The van der Waals surface area contributed by atoms with E-state index in [-0.39, 0.29) is 6.61 Å². The number of hydrogen-bond donors (Lipinski definition) is 2. The molecule has 7 heavy (non-hydrogen) atoms. The van der Waals surface area contributed by atoms with E-state index in [9.17, 15) is 4.79 Å². The average Bonchev–Trinajstić information content (AvgIpc) is 1.69. The molecular weight excluding hydrogens is 98.0 g/mol. The summed E-state index contributed by atoms with van der Waals surface area (Å²) >= 11 is 0. The van der Waals surface area contributed by atoms with E-state index in [1.165, 1.54) is 0 Å². The third-order valence-corrected chi connectivity index (χ3v) is 0.421. The lowest BCUT2D eigenvalue weighted by Gasteiger charge is -1.90. The third-order valence-electron chi connectivity index (χ3n) is 0.421. The van der Waals surface area contributed by atoms with Crippen LogP contribution in [0.3, 0.4) is 0 Å². The number of amides is 1. The number of carbonyl (C=O) groups is 1. The molecule has 1 amide bonds. The molecule has 0 aromatic heterocycles. The van der Waals surface area contributed by atoms with Gasteiger partial charge in [-0.15, -0.1) is 0 Å². The summed E-state index contributed by atoms with van der Waals surface area (Å²) in [6, 6.07) is 0. The van der Waals surface area contributed by atoms with E-state index in [1.54, 1.807) is 0 Å². The molecule has 0 bridgehead atoms. The highest BCUT2D eigenvalue weighted by molar-refractivity contribution is 5.45. The molecule has 0 rings (SSSR count). The fourth-order valence-electron chi connectivity index (χ4n) is 0.163. The van der Waals surface area contributed by atoms with Crippen molar-refractivity contribution in [3.05, 3.63) is 0 Å². The maximum atomic E-state index is 9.43. The molecule has 0 aliphatic rings. The highest BCUT2D eigenvalue weighted by Crippen LogP contribution is 1.57. The number of nitrogens with one attached hydrogen (secondary N) is 1. The Kier molecular flexibility index (Phi) is 4.92. The predicted molar refractivity (Wildman–Crippen MR) is 22.6 cm³/mol. The first-order valence-electron chi connectivity index (χ1n) is 1.85. The minimum absolute atomic E-state index is 0.138. The first-order valence-corrected chi connectivity index (χ1v) is 1.85. The van der Waals surface area contributed by atoms with E-state index in [0.717, 1.165) is 0 Å². The molecule has 0 aromatic carbocycles. The molecule has 0 aromatic rings. The van der Waals surface area contributed by atoms with Crippen LogP contribution in [0.25, 0.3) is 0 Å². The SMILES string of the molecule is O=CNCCOO. The van der Waals surface area contributed by atoms with Gasteiger partial charge in [-0.25, -0.2) is 4.89 Å². The summed E-state index contributed by atoms with van der Waals surface area (Å²) in [7, 11) is 0. The number of hydrogen-bond acceptors (Lipinski definition) is 3. The second-order valence-corrected chi connectivity index (χ2v) is 0.905. The van der Waals surface area contributed by atoms with Gasteiger partial charge in [-0.3, -0.25) is 10.1 Å². The molecule has 0 heterocycles. The van der Waals surface area contributed by atoms with Gasteiger partial charge in [-0.1, -0.05) is 0 Å². The van der Waals surface area contributed by atoms with Crippen LogP contribution in [0.15, 0.2) is 0 Å². The highest BCUT2D eigenvalue weighted by atomic mass is 17.1. The fourth-order valence-corrected chi connectivity index (χ4v) is 0.163. The molecule has 0 aliphatic carbocycles. The van der Waals surface area contributed by atoms with Crippen LogP contribution < -0.4 is 5.32 Å². The number of carbonyl (C=O) groups excluding carboxylic acids is 1. The molecular formula is C3H7NO3. The van der Waals surface area contributed by atoms with Crippen molar-refractivity contribution in [1.29, 1.82) is 0 Å². The molecule has 0 radical (unpaired) electrons. The van der Waals surface area contributed by atoms with Crippen molar-refractivity contribution in [2.45, 2.75) is 0 Å². The second kappa shape index (κ2) is 5.39. The average molecular weight is 105 g/mol. The predicted octanol–water partition coefficient (Wildman–Crippen LogP) is -0.778. The van der Waals surface area contributed by atoms with Crippen molar-refractivity contribution in [3.8, 4) is 0 Å². The monoisotopic (exact) mass is 105 g/mol. The maximum absolute atomic E-state index is 9.43. The van der Waals surface area contributed by atoms with Gasteiger partial charge in [0, 0.05) is 6.54 Å². The first kappa shape index (κ1) is 6.39. The van der Waals surface area contributed by atoms with Crippen LogP contribution >= 0.6 is 0 Å². The van der Waals surface area contributed by atoms with Gasteiger partial charge in [0.15, 0.2) is 0 Å². The van der Waals surface area contributed by atoms with E-state index in [1.807, 2.05) is 0 Å². The lowest BCUT2D eigenvalue weighted by atomic mass is 10.7. The Balaban J connectivity index is 2.56. The minimum atomic E-state index is 0.138. The molecule has 0 atom stereocenters. The summed E-state index contributed by atoms with van der Waals surface area (Å²) in [6.07, 6.45) is 0.541. The summed E-state index contributed by atoms with van der Waals surface area (Å²) < 4.78 is 0. The maximum Gasteiger partial charge on any atom is 0.207 e. The van der Waals surface area contributed by atoms with Gasteiger partial charge >= 0.3 is 0 Å². The molecule has 0 unspecified atom stereocenters. The topological polar surface area (TPSA) is 58.6 Å². The Morgan fingerprint density at radius 2 is 2.57 bits per heavy atom. The Morgan fingerprint density at radius 1 is 1.86 bits per heavy atom. The molecule has 0 spiro atoms. The van der Waals surface area contributed by atoms with Crippen LogP contribution in [-0.2, 0) is 9.68 Å². The molecule has 0 aliphatic heterocycles.